The molecule has 162 valence electrons. The van der Waals surface area contributed by atoms with Crippen LogP contribution in [0.15, 0.2) is 0 Å². The lowest BCUT2D eigenvalue weighted by Crippen LogP contribution is -2.47. The molecule has 28 heavy (non-hydrogen) atoms. The number of rotatable bonds is 3. The summed E-state index contributed by atoms with van der Waals surface area (Å²) in [5, 5.41) is 0. The fourth-order valence-electron chi connectivity index (χ4n) is 7.38. The van der Waals surface area contributed by atoms with E-state index < -0.39 is 24.4 Å². The second-order valence-corrected chi connectivity index (χ2v) is 10.6. The van der Waals surface area contributed by atoms with Crippen LogP contribution in [0.4, 0.5) is 13.2 Å². The van der Waals surface area contributed by atoms with E-state index in [0.717, 1.165) is 44.9 Å². The molecule has 4 aliphatic rings. The van der Waals surface area contributed by atoms with Crippen LogP contribution in [-0.2, 0) is 0 Å². The van der Waals surface area contributed by atoms with E-state index in [4.69, 9.17) is 5.73 Å². The lowest BCUT2D eigenvalue weighted by atomic mass is 9.62. The van der Waals surface area contributed by atoms with Gasteiger partial charge in [0, 0.05) is 6.04 Å². The van der Waals surface area contributed by atoms with Crippen LogP contribution in [0.3, 0.4) is 0 Å². The predicted molar refractivity (Wildman–Crippen MR) is 108 cm³/mol. The highest BCUT2D eigenvalue weighted by molar-refractivity contribution is 4.98. The van der Waals surface area contributed by atoms with Crippen LogP contribution in [0.2, 0.25) is 0 Å². The molecule has 0 amide bonds. The molecule has 0 radical (unpaired) electrons. The van der Waals surface area contributed by atoms with Crippen LogP contribution >= 0.6 is 0 Å². The van der Waals surface area contributed by atoms with Crippen molar-refractivity contribution in [2.24, 2.45) is 41.2 Å². The first-order valence-corrected chi connectivity index (χ1v) is 12.2. The lowest BCUT2D eigenvalue weighted by Gasteiger charge is -2.46. The van der Waals surface area contributed by atoms with Crippen molar-refractivity contribution < 1.29 is 13.2 Å². The summed E-state index contributed by atoms with van der Waals surface area (Å²) in [7, 11) is 0. The highest BCUT2D eigenvalue weighted by Gasteiger charge is 2.49. The van der Waals surface area contributed by atoms with E-state index in [9.17, 15) is 0 Å². The molecular formula is C24H40F3N. The van der Waals surface area contributed by atoms with E-state index in [-0.39, 0.29) is 23.8 Å². The molecule has 0 aromatic heterocycles. The Balaban J connectivity index is 1.32. The molecule has 0 aliphatic heterocycles. The van der Waals surface area contributed by atoms with E-state index in [1.807, 2.05) is 0 Å². The van der Waals surface area contributed by atoms with Gasteiger partial charge < -0.3 is 5.73 Å². The van der Waals surface area contributed by atoms with Gasteiger partial charge >= 0.3 is 0 Å². The van der Waals surface area contributed by atoms with E-state index in [1.54, 1.807) is 0 Å². The maximum atomic E-state index is 15.2. The molecule has 2 N–H and O–H groups in total. The molecule has 4 heteroatoms. The first kappa shape index (κ1) is 21.0. The third kappa shape index (κ3) is 4.42. The first-order valence-electron chi connectivity index (χ1n) is 12.2. The van der Waals surface area contributed by atoms with Crippen LogP contribution < -0.4 is 5.73 Å². The van der Waals surface area contributed by atoms with E-state index >= 15 is 13.2 Å². The van der Waals surface area contributed by atoms with Gasteiger partial charge in [-0.2, -0.15) is 0 Å². The number of nitrogens with two attached hydrogens (primary N) is 1. The van der Waals surface area contributed by atoms with Gasteiger partial charge in [-0.3, -0.25) is 0 Å². The molecule has 0 spiro atoms. The average molecular weight is 400 g/mol. The van der Waals surface area contributed by atoms with Gasteiger partial charge in [-0.05, 0) is 93.3 Å². The average Bonchev–Trinajstić information content (AvgIpc) is 2.72. The van der Waals surface area contributed by atoms with Crippen molar-refractivity contribution in [3.63, 3.8) is 0 Å². The molecule has 4 aliphatic carbocycles. The Morgan fingerprint density at radius 3 is 1.75 bits per heavy atom. The number of halogens is 3. The summed E-state index contributed by atoms with van der Waals surface area (Å²) < 4.78 is 45.4. The molecule has 4 rings (SSSR count). The normalized spacial score (nSPS) is 49.1. The maximum absolute atomic E-state index is 15.2. The van der Waals surface area contributed by atoms with Crippen molar-refractivity contribution in [1.82, 2.24) is 0 Å². The van der Waals surface area contributed by atoms with Crippen molar-refractivity contribution in [1.29, 1.82) is 0 Å². The lowest BCUT2D eigenvalue weighted by molar-refractivity contribution is -0.0562. The topological polar surface area (TPSA) is 26.0 Å². The fourth-order valence-corrected chi connectivity index (χ4v) is 7.38. The van der Waals surface area contributed by atoms with Crippen molar-refractivity contribution in [2.75, 3.05) is 0 Å². The van der Waals surface area contributed by atoms with Gasteiger partial charge in [0.25, 0.3) is 0 Å². The molecule has 4 fully saturated rings. The minimum Gasteiger partial charge on any atom is -0.328 e. The zero-order valence-electron chi connectivity index (χ0n) is 17.4. The van der Waals surface area contributed by atoms with Crippen LogP contribution in [0.25, 0.3) is 0 Å². The molecule has 0 aromatic rings. The molecule has 0 bridgehead atoms. The van der Waals surface area contributed by atoms with Gasteiger partial charge in [-0.1, -0.05) is 32.1 Å². The van der Waals surface area contributed by atoms with Crippen molar-refractivity contribution in [3.05, 3.63) is 0 Å². The van der Waals surface area contributed by atoms with Gasteiger partial charge in [0.05, 0.1) is 0 Å². The Morgan fingerprint density at radius 1 is 0.500 bits per heavy atom. The SMILES string of the molecule is NC1CCC(C2CCC(C3CCC(C4CCCCC4)CC3F)C(F)C2F)CC1. The summed E-state index contributed by atoms with van der Waals surface area (Å²) in [5.41, 5.74) is 5.98. The summed E-state index contributed by atoms with van der Waals surface area (Å²) in [6, 6.07) is 0.235. The van der Waals surface area contributed by atoms with E-state index in [2.05, 4.69) is 0 Å². The van der Waals surface area contributed by atoms with E-state index in [0.29, 0.717) is 24.7 Å². The molecule has 0 saturated heterocycles. The largest absolute Gasteiger partial charge is 0.328 e. The quantitative estimate of drug-likeness (QED) is 0.573. The van der Waals surface area contributed by atoms with Crippen LogP contribution in [-0.4, -0.2) is 24.6 Å². The Bertz CT molecular complexity index is 486. The van der Waals surface area contributed by atoms with Gasteiger partial charge in [0.2, 0.25) is 0 Å². The number of hydrogen-bond acceptors (Lipinski definition) is 1. The van der Waals surface area contributed by atoms with E-state index in [1.165, 1.54) is 32.1 Å². The van der Waals surface area contributed by atoms with Crippen LogP contribution in [0, 0.1) is 35.5 Å². The standard InChI is InChI=1S/C24H40F3N/c25-22-14-17(15-4-2-1-3-5-15)8-11-20(22)21-13-12-19(23(26)24(21)27)16-6-9-18(28)10-7-16/h15-24H,1-14,28H2. The fraction of sp³-hybridized carbons (Fsp3) is 1.00. The number of alkyl halides is 3. The second-order valence-electron chi connectivity index (χ2n) is 10.6. The molecule has 0 heterocycles. The second kappa shape index (κ2) is 9.27. The zero-order valence-corrected chi connectivity index (χ0v) is 17.4. The van der Waals surface area contributed by atoms with Crippen molar-refractivity contribution in [2.45, 2.75) is 114 Å². The van der Waals surface area contributed by atoms with Crippen molar-refractivity contribution >= 4 is 0 Å². The van der Waals surface area contributed by atoms with Gasteiger partial charge in [0.15, 0.2) is 0 Å². The molecule has 7 atom stereocenters. The Labute approximate surface area is 169 Å². The highest BCUT2D eigenvalue weighted by atomic mass is 19.2. The molecule has 1 nitrogen and oxygen atoms in total. The number of hydrogen-bond donors (Lipinski definition) is 1. The molecular weight excluding hydrogens is 359 g/mol. The van der Waals surface area contributed by atoms with Crippen molar-refractivity contribution in [3.8, 4) is 0 Å². The summed E-state index contributed by atoms with van der Waals surface area (Å²) in [6.45, 7) is 0. The van der Waals surface area contributed by atoms with Gasteiger partial charge in [-0.25, -0.2) is 13.2 Å². The summed E-state index contributed by atoms with van der Waals surface area (Å²) in [6.07, 6.45) is 10.1. The summed E-state index contributed by atoms with van der Waals surface area (Å²) >= 11 is 0. The first-order chi connectivity index (χ1) is 13.5. The Hall–Kier alpha value is -0.250. The Morgan fingerprint density at radius 2 is 1.07 bits per heavy atom. The molecule has 0 aromatic carbocycles. The van der Waals surface area contributed by atoms with Gasteiger partial charge in [-0.15, -0.1) is 0 Å². The maximum Gasteiger partial charge on any atom is 0.135 e. The third-order valence-corrected chi connectivity index (χ3v) is 9.11. The zero-order chi connectivity index (χ0) is 19.7. The monoisotopic (exact) mass is 399 g/mol. The summed E-state index contributed by atoms with van der Waals surface area (Å²) in [4.78, 5) is 0. The molecule has 4 saturated carbocycles. The van der Waals surface area contributed by atoms with Crippen LogP contribution in [0.5, 0.6) is 0 Å². The third-order valence-electron chi connectivity index (χ3n) is 9.11. The Kier molecular flexibility index (Phi) is 6.95. The summed E-state index contributed by atoms with van der Waals surface area (Å²) in [5.74, 6) is 0.603. The predicted octanol–water partition coefficient (Wildman–Crippen LogP) is 6.54. The van der Waals surface area contributed by atoms with Crippen LogP contribution in [0.1, 0.15) is 89.9 Å². The van der Waals surface area contributed by atoms with Gasteiger partial charge in [0.1, 0.15) is 18.5 Å². The smallest absolute Gasteiger partial charge is 0.135 e. The minimum absolute atomic E-state index is 0.171. The molecule has 7 unspecified atom stereocenters. The minimum atomic E-state index is -1.47. The highest BCUT2D eigenvalue weighted by Crippen LogP contribution is 2.49.